The van der Waals surface area contributed by atoms with Gasteiger partial charge in [0.2, 0.25) is 0 Å². The quantitative estimate of drug-likeness (QED) is 0.711. The number of halogens is 1. The van der Waals surface area contributed by atoms with E-state index in [1.165, 1.54) is 0 Å². The van der Waals surface area contributed by atoms with Gasteiger partial charge in [0.25, 0.3) is 0 Å². The lowest BCUT2D eigenvalue weighted by atomic mass is 9.97. The summed E-state index contributed by atoms with van der Waals surface area (Å²) in [6.45, 7) is 17.0. The molecule has 19 heavy (non-hydrogen) atoms. The molecule has 0 aromatic heterocycles. The lowest BCUT2D eigenvalue weighted by molar-refractivity contribution is 0.335. The minimum atomic E-state index is -0.0400. The highest BCUT2D eigenvalue weighted by molar-refractivity contribution is 5.70. The van der Waals surface area contributed by atoms with Crippen LogP contribution in [0, 0.1) is 5.82 Å². The summed E-state index contributed by atoms with van der Waals surface area (Å²) in [6, 6.07) is 4.27. The molecule has 0 saturated carbocycles. The van der Waals surface area contributed by atoms with Crippen LogP contribution in [0.3, 0.4) is 0 Å². The average molecular weight is 263 g/mol. The SMILES string of the molecule is C=C1c2ccc(C(C)C)c(F)c2CN1C(C)C.CC. The first-order valence-electron chi connectivity index (χ1n) is 7.20. The largest absolute Gasteiger partial charge is 0.365 e. The van der Waals surface area contributed by atoms with E-state index in [-0.39, 0.29) is 11.7 Å². The summed E-state index contributed by atoms with van der Waals surface area (Å²) in [7, 11) is 0. The third kappa shape index (κ3) is 2.83. The molecule has 0 bridgehead atoms. The van der Waals surface area contributed by atoms with Crippen molar-refractivity contribution in [1.29, 1.82) is 0 Å². The summed E-state index contributed by atoms with van der Waals surface area (Å²) in [5.74, 6) is 0.184. The molecule has 0 fully saturated rings. The molecular formula is C17H26FN. The van der Waals surface area contributed by atoms with Gasteiger partial charge in [-0.1, -0.05) is 46.4 Å². The Balaban J connectivity index is 0.000000861. The zero-order valence-corrected chi connectivity index (χ0v) is 13.0. The highest BCUT2D eigenvalue weighted by atomic mass is 19.1. The van der Waals surface area contributed by atoms with Gasteiger partial charge in [-0.3, -0.25) is 0 Å². The summed E-state index contributed by atoms with van der Waals surface area (Å²) >= 11 is 0. The van der Waals surface area contributed by atoms with E-state index in [0.29, 0.717) is 12.6 Å². The van der Waals surface area contributed by atoms with Crippen LogP contribution < -0.4 is 0 Å². The third-order valence-electron chi connectivity index (χ3n) is 3.50. The Hall–Kier alpha value is -1.31. The minimum absolute atomic E-state index is 0.0400. The van der Waals surface area contributed by atoms with Crippen LogP contribution in [0.25, 0.3) is 5.70 Å². The lowest BCUT2D eigenvalue weighted by Gasteiger charge is -2.23. The van der Waals surface area contributed by atoms with Crippen molar-refractivity contribution in [3.05, 3.63) is 41.2 Å². The van der Waals surface area contributed by atoms with Crippen molar-refractivity contribution in [2.24, 2.45) is 0 Å². The second kappa shape index (κ2) is 6.23. The maximum absolute atomic E-state index is 14.4. The van der Waals surface area contributed by atoms with E-state index < -0.39 is 0 Å². The molecule has 2 heteroatoms. The van der Waals surface area contributed by atoms with E-state index in [9.17, 15) is 4.39 Å². The molecule has 1 aromatic carbocycles. The van der Waals surface area contributed by atoms with E-state index in [2.05, 4.69) is 25.3 Å². The van der Waals surface area contributed by atoms with Gasteiger partial charge in [0.15, 0.2) is 0 Å². The predicted octanol–water partition coefficient (Wildman–Crippen LogP) is 5.17. The molecular weight excluding hydrogens is 237 g/mol. The number of nitrogens with zero attached hydrogens (tertiary/aromatic N) is 1. The number of benzene rings is 1. The van der Waals surface area contributed by atoms with Crippen LogP contribution in [-0.2, 0) is 6.54 Å². The van der Waals surface area contributed by atoms with Gasteiger partial charge in [-0.05, 0) is 25.3 Å². The van der Waals surface area contributed by atoms with E-state index in [1.54, 1.807) is 0 Å². The number of hydrogen-bond donors (Lipinski definition) is 0. The van der Waals surface area contributed by atoms with Gasteiger partial charge in [-0.25, -0.2) is 4.39 Å². The second-order valence-corrected chi connectivity index (χ2v) is 5.32. The fourth-order valence-corrected chi connectivity index (χ4v) is 2.42. The molecule has 1 aliphatic heterocycles. The Morgan fingerprint density at radius 3 is 2.21 bits per heavy atom. The predicted molar refractivity (Wildman–Crippen MR) is 81.6 cm³/mol. The van der Waals surface area contributed by atoms with Crippen molar-refractivity contribution in [2.45, 2.75) is 60.0 Å². The van der Waals surface area contributed by atoms with Gasteiger partial charge in [0, 0.05) is 29.4 Å². The van der Waals surface area contributed by atoms with Gasteiger partial charge >= 0.3 is 0 Å². The highest BCUT2D eigenvalue weighted by Gasteiger charge is 2.28. The Kier molecular flexibility index (Phi) is 5.16. The number of fused-ring (bicyclic) bond motifs is 1. The van der Waals surface area contributed by atoms with E-state index in [1.807, 2.05) is 39.8 Å². The number of rotatable bonds is 2. The number of hydrogen-bond acceptors (Lipinski definition) is 1. The van der Waals surface area contributed by atoms with E-state index in [0.717, 1.165) is 22.4 Å². The third-order valence-corrected chi connectivity index (χ3v) is 3.50. The summed E-state index contributed by atoms with van der Waals surface area (Å²) < 4.78 is 14.4. The molecule has 1 aromatic rings. The van der Waals surface area contributed by atoms with Crippen molar-refractivity contribution < 1.29 is 4.39 Å². The van der Waals surface area contributed by atoms with Crippen LogP contribution in [-0.4, -0.2) is 10.9 Å². The molecule has 1 heterocycles. The molecule has 0 unspecified atom stereocenters. The van der Waals surface area contributed by atoms with Crippen molar-refractivity contribution in [3.63, 3.8) is 0 Å². The zero-order valence-electron chi connectivity index (χ0n) is 13.0. The first-order chi connectivity index (χ1) is 8.93. The molecule has 0 radical (unpaired) electrons. The van der Waals surface area contributed by atoms with Crippen molar-refractivity contribution in [1.82, 2.24) is 4.90 Å². The van der Waals surface area contributed by atoms with Crippen LogP contribution in [0.4, 0.5) is 4.39 Å². The monoisotopic (exact) mass is 263 g/mol. The van der Waals surface area contributed by atoms with E-state index in [4.69, 9.17) is 0 Å². The van der Waals surface area contributed by atoms with Crippen LogP contribution in [0.15, 0.2) is 18.7 Å². The van der Waals surface area contributed by atoms with Gasteiger partial charge in [-0.15, -0.1) is 0 Å². The molecule has 0 amide bonds. The summed E-state index contributed by atoms with van der Waals surface area (Å²) in [6.07, 6.45) is 0. The van der Waals surface area contributed by atoms with Crippen molar-refractivity contribution in [2.75, 3.05) is 0 Å². The second-order valence-electron chi connectivity index (χ2n) is 5.32. The van der Waals surface area contributed by atoms with Crippen LogP contribution in [0.5, 0.6) is 0 Å². The van der Waals surface area contributed by atoms with Crippen molar-refractivity contribution >= 4 is 5.70 Å². The molecule has 2 rings (SSSR count). The van der Waals surface area contributed by atoms with E-state index >= 15 is 0 Å². The Labute approximate surface area is 117 Å². The summed E-state index contributed by atoms with van der Waals surface area (Å²) in [5, 5.41) is 0. The fourth-order valence-electron chi connectivity index (χ4n) is 2.42. The Morgan fingerprint density at radius 1 is 1.16 bits per heavy atom. The molecule has 0 saturated heterocycles. The van der Waals surface area contributed by atoms with Gasteiger partial charge in [-0.2, -0.15) is 0 Å². The topological polar surface area (TPSA) is 3.24 Å². The first-order valence-corrected chi connectivity index (χ1v) is 7.20. The van der Waals surface area contributed by atoms with Gasteiger partial charge in [0.05, 0.1) is 0 Å². The molecule has 0 aliphatic carbocycles. The fraction of sp³-hybridized carbons (Fsp3) is 0.529. The standard InChI is InChI=1S/C15H20FN.C2H6/c1-9(2)12-6-7-13-11(5)17(10(3)4)8-14(13)15(12)16;1-2/h6-7,9-10H,5,8H2,1-4H3;1-2H3. The average Bonchev–Trinajstić information content (AvgIpc) is 2.71. The smallest absolute Gasteiger partial charge is 0.132 e. The summed E-state index contributed by atoms with van der Waals surface area (Å²) in [5.41, 5.74) is 3.54. The molecule has 0 spiro atoms. The van der Waals surface area contributed by atoms with Crippen molar-refractivity contribution in [3.8, 4) is 0 Å². The molecule has 0 atom stereocenters. The maximum Gasteiger partial charge on any atom is 0.132 e. The highest BCUT2D eigenvalue weighted by Crippen LogP contribution is 2.36. The first kappa shape index (κ1) is 15.7. The Morgan fingerprint density at radius 2 is 1.74 bits per heavy atom. The van der Waals surface area contributed by atoms with Gasteiger partial charge < -0.3 is 4.90 Å². The van der Waals surface area contributed by atoms with Crippen LogP contribution >= 0.6 is 0 Å². The van der Waals surface area contributed by atoms with Crippen LogP contribution in [0.1, 0.15) is 64.2 Å². The minimum Gasteiger partial charge on any atom is -0.365 e. The normalized spacial score (nSPS) is 13.7. The molecule has 1 aliphatic rings. The van der Waals surface area contributed by atoms with Crippen LogP contribution in [0.2, 0.25) is 0 Å². The summed E-state index contributed by atoms with van der Waals surface area (Å²) in [4.78, 5) is 2.15. The molecule has 1 nitrogen and oxygen atoms in total. The zero-order chi connectivity index (χ0) is 14.7. The lowest BCUT2D eigenvalue weighted by Crippen LogP contribution is -2.23. The maximum atomic E-state index is 14.4. The molecule has 106 valence electrons. The van der Waals surface area contributed by atoms with Gasteiger partial charge in [0.1, 0.15) is 5.82 Å². The Bertz CT molecular complexity index is 461. The molecule has 0 N–H and O–H groups in total.